The van der Waals surface area contributed by atoms with Crippen LogP contribution in [0.5, 0.6) is 0 Å². The fourth-order valence-electron chi connectivity index (χ4n) is 9.38. The van der Waals surface area contributed by atoms with E-state index < -0.39 is 0 Å². The molecule has 2 saturated carbocycles. The summed E-state index contributed by atoms with van der Waals surface area (Å²) in [4.78, 5) is 6.80. The van der Waals surface area contributed by atoms with Crippen LogP contribution in [0.2, 0.25) is 0 Å². The highest BCUT2D eigenvalue weighted by atomic mass is 16.5. The fraction of sp³-hybridized carbons (Fsp3) is 0.719. The van der Waals surface area contributed by atoms with Crippen LogP contribution in [0.15, 0.2) is 52.1 Å². The van der Waals surface area contributed by atoms with Gasteiger partial charge in [0.2, 0.25) is 0 Å². The highest BCUT2D eigenvalue weighted by molar-refractivity contribution is 5.81. The molecule has 0 aromatic carbocycles. The Morgan fingerprint density at radius 2 is 2.03 bits per heavy atom. The largest absolute Gasteiger partial charge is 0.380 e. The lowest BCUT2D eigenvalue weighted by atomic mass is 9.58. The Morgan fingerprint density at radius 1 is 1.22 bits per heavy atom. The molecular weight excluding hydrogens is 444 g/mol. The zero-order valence-electron chi connectivity index (χ0n) is 23.2. The van der Waals surface area contributed by atoms with Crippen molar-refractivity contribution in [2.24, 2.45) is 27.7 Å². The summed E-state index contributed by atoms with van der Waals surface area (Å²) >= 11 is 0. The van der Waals surface area contributed by atoms with Crippen molar-refractivity contribution in [3.8, 4) is 0 Å². The zero-order valence-corrected chi connectivity index (χ0v) is 23.2. The van der Waals surface area contributed by atoms with Gasteiger partial charge in [-0.1, -0.05) is 44.2 Å². The number of rotatable bonds is 6. The molecule has 2 saturated heterocycles. The molecule has 0 aromatic rings. The lowest BCUT2D eigenvalue weighted by molar-refractivity contribution is -0.147. The van der Waals surface area contributed by atoms with Crippen LogP contribution in [0, 0.1) is 22.7 Å². The Balaban J connectivity index is 1.26. The van der Waals surface area contributed by atoms with Gasteiger partial charge in [-0.2, -0.15) is 0 Å². The van der Waals surface area contributed by atoms with Crippen molar-refractivity contribution < 1.29 is 9.47 Å². The van der Waals surface area contributed by atoms with Gasteiger partial charge in [-0.15, -0.1) is 0 Å². The molecule has 0 radical (unpaired) electrons. The maximum absolute atomic E-state index is 7.51. The maximum Gasteiger partial charge on any atom is 0.0974 e. The monoisotopic (exact) mass is 490 g/mol. The summed E-state index contributed by atoms with van der Waals surface area (Å²) in [5, 5.41) is 0. The number of allylic oxidation sites excluding steroid dienone is 4. The smallest absolute Gasteiger partial charge is 0.0974 e. The molecule has 2 bridgehead atoms. The first-order chi connectivity index (χ1) is 17.1. The minimum Gasteiger partial charge on any atom is -0.380 e. The van der Waals surface area contributed by atoms with E-state index in [1.165, 1.54) is 49.7 Å². The number of hydrogen-bond acceptors (Lipinski definition) is 4. The van der Waals surface area contributed by atoms with Gasteiger partial charge >= 0.3 is 0 Å². The zero-order chi connectivity index (χ0) is 25.3. The molecule has 36 heavy (non-hydrogen) atoms. The molecule has 3 heterocycles. The van der Waals surface area contributed by atoms with Crippen molar-refractivity contribution in [2.75, 3.05) is 33.9 Å². The van der Waals surface area contributed by atoms with E-state index in [9.17, 15) is 0 Å². The van der Waals surface area contributed by atoms with E-state index in [4.69, 9.17) is 9.47 Å². The van der Waals surface area contributed by atoms with Gasteiger partial charge in [-0.05, 0) is 99.3 Å². The molecule has 0 aromatic heterocycles. The van der Waals surface area contributed by atoms with Gasteiger partial charge in [0.25, 0.3) is 0 Å². The Labute approximate surface area is 218 Å². The van der Waals surface area contributed by atoms with Crippen LogP contribution >= 0.6 is 0 Å². The summed E-state index contributed by atoms with van der Waals surface area (Å²) < 4.78 is 13.1. The van der Waals surface area contributed by atoms with E-state index in [2.05, 4.69) is 62.5 Å². The van der Waals surface area contributed by atoms with Crippen molar-refractivity contribution in [3.63, 3.8) is 0 Å². The SMILES string of the molecule is C=C(C=NC)/C=C(\C)C1CC[C@@H]2C1(C)CC=C1C=C3CCC(N(C)CC4(C)COC4)C[C@]34CC[C@@]12O4. The molecular formula is C32H46N2O2. The average Bonchev–Trinajstić information content (AvgIpc) is 3.33. The third kappa shape index (κ3) is 3.61. The van der Waals surface area contributed by atoms with Gasteiger partial charge in [0.15, 0.2) is 0 Å². The second-order valence-electron chi connectivity index (χ2n) is 13.7. The number of nitrogens with zero attached hydrogens (tertiary/aromatic N) is 2. The van der Waals surface area contributed by atoms with Crippen LogP contribution in [0.3, 0.4) is 0 Å². The molecule has 4 heteroatoms. The van der Waals surface area contributed by atoms with E-state index in [0.29, 0.717) is 23.3 Å². The van der Waals surface area contributed by atoms with Crippen LogP contribution in [-0.4, -0.2) is 62.2 Å². The van der Waals surface area contributed by atoms with Crippen molar-refractivity contribution >= 4 is 6.21 Å². The fourth-order valence-corrected chi connectivity index (χ4v) is 9.38. The topological polar surface area (TPSA) is 34.1 Å². The highest BCUT2D eigenvalue weighted by Gasteiger charge is 2.66. The van der Waals surface area contributed by atoms with Crippen molar-refractivity contribution in [3.05, 3.63) is 47.1 Å². The first-order valence-corrected chi connectivity index (χ1v) is 14.3. The van der Waals surface area contributed by atoms with Gasteiger partial charge in [0, 0.05) is 31.3 Å². The normalized spacial score (nSPS) is 42.9. The quantitative estimate of drug-likeness (QED) is 0.324. The minimum atomic E-state index is -0.0817. The minimum absolute atomic E-state index is 0.0430. The molecule has 4 nitrogen and oxygen atoms in total. The van der Waals surface area contributed by atoms with Crippen LogP contribution in [-0.2, 0) is 9.47 Å². The molecule has 3 aliphatic heterocycles. The molecule has 0 amide bonds. The lowest BCUT2D eigenvalue weighted by Crippen LogP contribution is -2.56. The van der Waals surface area contributed by atoms with E-state index in [-0.39, 0.29) is 16.6 Å². The average molecular weight is 491 g/mol. The number of aliphatic imine (C=N–C) groups is 1. The molecule has 2 spiro atoms. The Bertz CT molecular complexity index is 1060. The summed E-state index contributed by atoms with van der Waals surface area (Å²) in [5.74, 6) is 1.17. The van der Waals surface area contributed by atoms with Crippen molar-refractivity contribution in [1.29, 1.82) is 0 Å². The van der Waals surface area contributed by atoms with Crippen LogP contribution in [0.25, 0.3) is 0 Å². The highest BCUT2D eigenvalue weighted by Crippen LogP contribution is 2.68. The lowest BCUT2D eigenvalue weighted by Gasteiger charge is -2.55. The second-order valence-corrected chi connectivity index (χ2v) is 13.7. The summed E-state index contributed by atoms with van der Waals surface area (Å²) in [6.45, 7) is 14.4. The second kappa shape index (κ2) is 8.51. The Hall–Kier alpha value is -1.49. The predicted molar refractivity (Wildman–Crippen MR) is 147 cm³/mol. The first-order valence-electron chi connectivity index (χ1n) is 14.3. The van der Waals surface area contributed by atoms with Gasteiger partial charge in [0.1, 0.15) is 0 Å². The molecule has 3 unspecified atom stereocenters. The third-order valence-electron chi connectivity index (χ3n) is 11.1. The molecule has 6 atom stereocenters. The molecule has 6 rings (SSSR count). The predicted octanol–water partition coefficient (Wildman–Crippen LogP) is 6.30. The standard InChI is InChI=1S/C32H46N2O2/c1-22(18-33-5)15-23(2)27-9-10-28-30(27,4)12-11-25-16-24-7-8-26(34(6)19-29(3)20-35-21-29)17-31(24)13-14-32(25,28)36-31/h11,15-16,18,26-28H,1,7-10,12-14,17,19-21H2,2-6H3/b23-15+,33-18?/t26?,27?,28-,30?,31-,32-/m1/s1. The van der Waals surface area contributed by atoms with Crippen LogP contribution in [0.4, 0.5) is 0 Å². The van der Waals surface area contributed by atoms with Crippen LogP contribution < -0.4 is 0 Å². The maximum atomic E-state index is 7.51. The first kappa shape index (κ1) is 24.8. The molecule has 4 fully saturated rings. The summed E-state index contributed by atoms with van der Waals surface area (Å²) in [5.41, 5.74) is 6.03. The molecule has 3 aliphatic carbocycles. The van der Waals surface area contributed by atoms with Gasteiger partial charge in [-0.3, -0.25) is 4.99 Å². The Kier molecular flexibility index (Phi) is 5.87. The summed E-state index contributed by atoms with van der Waals surface area (Å²) in [7, 11) is 4.16. The number of fused-ring (bicyclic) bond motifs is 1. The van der Waals surface area contributed by atoms with Gasteiger partial charge in [-0.25, -0.2) is 0 Å². The van der Waals surface area contributed by atoms with E-state index in [1.807, 2.05) is 13.3 Å². The summed E-state index contributed by atoms with van der Waals surface area (Å²) in [6.07, 6.45) is 19.0. The van der Waals surface area contributed by atoms with Crippen molar-refractivity contribution in [2.45, 2.75) is 89.4 Å². The van der Waals surface area contributed by atoms with E-state index in [1.54, 1.807) is 5.57 Å². The van der Waals surface area contributed by atoms with Crippen LogP contribution in [0.1, 0.15) is 72.1 Å². The van der Waals surface area contributed by atoms with E-state index in [0.717, 1.165) is 38.2 Å². The number of hydrogen-bond donors (Lipinski definition) is 0. The summed E-state index contributed by atoms with van der Waals surface area (Å²) in [6, 6.07) is 0.600. The Morgan fingerprint density at radius 3 is 2.75 bits per heavy atom. The molecule has 0 N–H and O–H groups in total. The molecule has 196 valence electrons. The van der Waals surface area contributed by atoms with Crippen molar-refractivity contribution in [1.82, 2.24) is 4.90 Å². The van der Waals surface area contributed by atoms with Gasteiger partial charge < -0.3 is 14.4 Å². The molecule has 6 aliphatic rings. The van der Waals surface area contributed by atoms with E-state index >= 15 is 0 Å². The number of ether oxygens (including phenoxy) is 2. The van der Waals surface area contributed by atoms with Gasteiger partial charge in [0.05, 0.1) is 24.4 Å². The third-order valence-corrected chi connectivity index (χ3v) is 11.1.